The van der Waals surface area contributed by atoms with E-state index in [9.17, 15) is 9.59 Å². The van der Waals surface area contributed by atoms with Gasteiger partial charge in [0.1, 0.15) is 0 Å². The Morgan fingerprint density at radius 2 is 2.46 bits per heavy atom. The molecule has 1 heterocycles. The van der Waals surface area contributed by atoms with Gasteiger partial charge < -0.3 is 9.72 Å². The number of nitrogens with one attached hydrogen (secondary N) is 1. The number of ether oxygens (including phenoxy) is 1. The maximum absolute atomic E-state index is 11.1. The lowest BCUT2D eigenvalue weighted by Gasteiger charge is -2.01. The SMILES string of the molecule is CCCCOC(=O)n1cc[nH]c1=O. The standard InChI is InChI=1S/C8H12N2O3/c1-2-3-6-13-8(12)10-5-4-9-7(10)11/h4-5H,2-3,6H2,1H3,(H,9,11). The number of hydrogen-bond acceptors (Lipinski definition) is 3. The summed E-state index contributed by atoms with van der Waals surface area (Å²) < 4.78 is 5.71. The second-order valence-corrected chi connectivity index (χ2v) is 2.60. The van der Waals surface area contributed by atoms with Crippen molar-refractivity contribution in [3.05, 3.63) is 22.9 Å². The van der Waals surface area contributed by atoms with Gasteiger partial charge in [-0.3, -0.25) is 0 Å². The summed E-state index contributed by atoms with van der Waals surface area (Å²) in [6, 6.07) is 0. The highest BCUT2D eigenvalue weighted by Crippen LogP contribution is 1.90. The number of aromatic nitrogens is 2. The molecule has 0 aliphatic heterocycles. The summed E-state index contributed by atoms with van der Waals surface area (Å²) in [5.74, 6) is 0. The molecule has 1 aromatic heterocycles. The number of hydrogen-bond donors (Lipinski definition) is 1. The molecule has 0 unspecified atom stereocenters. The minimum absolute atomic E-state index is 0.354. The third-order valence-electron chi connectivity index (χ3n) is 1.57. The fourth-order valence-electron chi connectivity index (χ4n) is 0.837. The number of unbranched alkanes of at least 4 members (excludes halogenated alkanes) is 1. The summed E-state index contributed by atoms with van der Waals surface area (Å²) in [6.45, 7) is 2.35. The van der Waals surface area contributed by atoms with Crippen molar-refractivity contribution in [3.63, 3.8) is 0 Å². The maximum atomic E-state index is 11.1. The number of carbonyl (C=O) groups excluding carboxylic acids is 1. The number of imidazole rings is 1. The van der Waals surface area contributed by atoms with E-state index in [1.165, 1.54) is 12.4 Å². The first-order valence-electron chi connectivity index (χ1n) is 4.19. The fourth-order valence-corrected chi connectivity index (χ4v) is 0.837. The zero-order chi connectivity index (χ0) is 9.68. The fraction of sp³-hybridized carbons (Fsp3) is 0.500. The minimum atomic E-state index is -0.625. The molecule has 5 heteroatoms. The van der Waals surface area contributed by atoms with E-state index in [0.29, 0.717) is 6.61 Å². The van der Waals surface area contributed by atoms with E-state index in [-0.39, 0.29) is 0 Å². The Morgan fingerprint density at radius 3 is 3.00 bits per heavy atom. The predicted molar refractivity (Wildman–Crippen MR) is 46.7 cm³/mol. The Labute approximate surface area is 75.3 Å². The zero-order valence-corrected chi connectivity index (χ0v) is 7.45. The predicted octanol–water partition coefficient (Wildman–Crippen LogP) is 0.961. The molecule has 0 aromatic carbocycles. The van der Waals surface area contributed by atoms with Gasteiger partial charge in [0.05, 0.1) is 6.61 Å². The number of H-pyrrole nitrogens is 1. The second-order valence-electron chi connectivity index (χ2n) is 2.60. The summed E-state index contributed by atoms with van der Waals surface area (Å²) >= 11 is 0. The molecule has 13 heavy (non-hydrogen) atoms. The Morgan fingerprint density at radius 1 is 1.69 bits per heavy atom. The van der Waals surface area contributed by atoms with Crippen LogP contribution in [0.4, 0.5) is 4.79 Å². The van der Waals surface area contributed by atoms with Crippen LogP contribution in [0.1, 0.15) is 19.8 Å². The number of nitrogens with zero attached hydrogens (tertiary/aromatic N) is 1. The van der Waals surface area contributed by atoms with Crippen LogP contribution in [0.3, 0.4) is 0 Å². The van der Waals surface area contributed by atoms with Gasteiger partial charge in [-0.15, -0.1) is 0 Å². The highest BCUT2D eigenvalue weighted by Gasteiger charge is 2.07. The van der Waals surface area contributed by atoms with E-state index < -0.39 is 11.8 Å². The van der Waals surface area contributed by atoms with Crippen LogP contribution in [0.25, 0.3) is 0 Å². The molecule has 0 aliphatic carbocycles. The first kappa shape index (κ1) is 9.57. The molecule has 1 aromatic rings. The van der Waals surface area contributed by atoms with Crippen LogP contribution < -0.4 is 5.69 Å². The Bertz CT molecular complexity index is 326. The second kappa shape index (κ2) is 4.49. The van der Waals surface area contributed by atoms with Crippen LogP contribution in [0.15, 0.2) is 17.2 Å². The van der Waals surface area contributed by atoms with Crippen molar-refractivity contribution in [2.75, 3.05) is 6.61 Å². The molecule has 1 rings (SSSR count). The molecular formula is C8H12N2O3. The molecule has 5 nitrogen and oxygen atoms in total. The summed E-state index contributed by atoms with van der Waals surface area (Å²) in [5.41, 5.74) is -0.471. The summed E-state index contributed by atoms with van der Waals surface area (Å²) in [5, 5.41) is 0. The van der Waals surface area contributed by atoms with Crippen molar-refractivity contribution in [1.29, 1.82) is 0 Å². The van der Waals surface area contributed by atoms with Crippen molar-refractivity contribution >= 4 is 6.09 Å². The van der Waals surface area contributed by atoms with Crippen molar-refractivity contribution < 1.29 is 9.53 Å². The third-order valence-corrected chi connectivity index (χ3v) is 1.57. The molecule has 1 N–H and O–H groups in total. The maximum Gasteiger partial charge on any atom is 0.422 e. The number of carbonyl (C=O) groups is 1. The number of aromatic amines is 1. The highest BCUT2D eigenvalue weighted by molar-refractivity contribution is 5.69. The van der Waals surface area contributed by atoms with Gasteiger partial charge in [0.2, 0.25) is 0 Å². The molecule has 0 saturated carbocycles. The summed E-state index contributed by atoms with van der Waals surface area (Å²) in [6.07, 6.45) is 3.87. The molecular weight excluding hydrogens is 172 g/mol. The smallest absolute Gasteiger partial charge is 0.422 e. The van der Waals surface area contributed by atoms with Gasteiger partial charge in [-0.1, -0.05) is 13.3 Å². The van der Waals surface area contributed by atoms with Crippen molar-refractivity contribution in [1.82, 2.24) is 9.55 Å². The largest absolute Gasteiger partial charge is 0.449 e. The Hall–Kier alpha value is -1.52. The van der Waals surface area contributed by atoms with Crippen LogP contribution in [-0.4, -0.2) is 22.3 Å². The molecule has 0 atom stereocenters. The lowest BCUT2D eigenvalue weighted by atomic mass is 10.4. The average molecular weight is 184 g/mol. The van der Waals surface area contributed by atoms with Crippen LogP contribution >= 0.6 is 0 Å². The van der Waals surface area contributed by atoms with Gasteiger partial charge in [0, 0.05) is 12.4 Å². The normalized spacial score (nSPS) is 9.92. The van der Waals surface area contributed by atoms with Crippen molar-refractivity contribution in [3.8, 4) is 0 Å². The minimum Gasteiger partial charge on any atom is -0.449 e. The first-order chi connectivity index (χ1) is 6.25. The lowest BCUT2D eigenvalue weighted by Crippen LogP contribution is -2.25. The number of rotatable bonds is 3. The van der Waals surface area contributed by atoms with Crippen LogP contribution in [0.2, 0.25) is 0 Å². The summed E-state index contributed by atoms with van der Waals surface area (Å²) in [4.78, 5) is 24.4. The van der Waals surface area contributed by atoms with Crippen molar-refractivity contribution in [2.24, 2.45) is 0 Å². The van der Waals surface area contributed by atoms with E-state index >= 15 is 0 Å². The van der Waals surface area contributed by atoms with Gasteiger partial charge in [-0.25, -0.2) is 14.2 Å². The van der Waals surface area contributed by atoms with E-state index in [2.05, 4.69) is 4.98 Å². The monoisotopic (exact) mass is 184 g/mol. The molecule has 0 fully saturated rings. The van der Waals surface area contributed by atoms with E-state index in [4.69, 9.17) is 4.74 Å². The molecule has 0 amide bonds. The molecule has 0 bridgehead atoms. The lowest BCUT2D eigenvalue weighted by molar-refractivity contribution is 0.145. The van der Waals surface area contributed by atoms with Gasteiger partial charge in [-0.05, 0) is 6.42 Å². The Balaban J connectivity index is 2.50. The topological polar surface area (TPSA) is 64.1 Å². The molecule has 0 radical (unpaired) electrons. The first-order valence-corrected chi connectivity index (χ1v) is 4.19. The molecule has 0 spiro atoms. The molecule has 72 valence electrons. The molecule has 0 aliphatic rings. The zero-order valence-electron chi connectivity index (χ0n) is 7.45. The van der Waals surface area contributed by atoms with E-state index in [1.54, 1.807) is 0 Å². The van der Waals surface area contributed by atoms with E-state index in [0.717, 1.165) is 17.4 Å². The van der Waals surface area contributed by atoms with Crippen LogP contribution in [-0.2, 0) is 4.74 Å². The van der Waals surface area contributed by atoms with Gasteiger partial charge in [0.25, 0.3) is 0 Å². The quantitative estimate of drug-likeness (QED) is 0.711. The summed E-state index contributed by atoms with van der Waals surface area (Å²) in [7, 11) is 0. The van der Waals surface area contributed by atoms with Crippen molar-refractivity contribution in [2.45, 2.75) is 19.8 Å². The van der Waals surface area contributed by atoms with Crippen LogP contribution in [0.5, 0.6) is 0 Å². The average Bonchev–Trinajstić information content (AvgIpc) is 2.52. The van der Waals surface area contributed by atoms with Gasteiger partial charge in [-0.2, -0.15) is 0 Å². The third kappa shape index (κ3) is 2.47. The highest BCUT2D eigenvalue weighted by atomic mass is 16.5. The van der Waals surface area contributed by atoms with Crippen LogP contribution in [0, 0.1) is 0 Å². The Kier molecular flexibility index (Phi) is 3.31. The van der Waals surface area contributed by atoms with Gasteiger partial charge in [0.15, 0.2) is 0 Å². The van der Waals surface area contributed by atoms with Gasteiger partial charge >= 0.3 is 11.8 Å². The van der Waals surface area contributed by atoms with E-state index in [1.807, 2.05) is 6.92 Å². The molecule has 0 saturated heterocycles.